The van der Waals surface area contributed by atoms with Gasteiger partial charge in [-0.05, 0) is 37.1 Å². The van der Waals surface area contributed by atoms with Gasteiger partial charge >= 0.3 is 0 Å². The highest BCUT2D eigenvalue weighted by molar-refractivity contribution is 9.10. The van der Waals surface area contributed by atoms with Gasteiger partial charge in [-0.25, -0.2) is 4.90 Å². The van der Waals surface area contributed by atoms with Crippen molar-refractivity contribution >= 4 is 33.4 Å². The molecule has 96 valence electrons. The molecule has 1 aromatic rings. The van der Waals surface area contributed by atoms with Crippen LogP contribution in [0.25, 0.3) is 0 Å². The molecule has 0 saturated carbocycles. The monoisotopic (exact) mass is 309 g/mol. The maximum absolute atomic E-state index is 12.3. The van der Waals surface area contributed by atoms with E-state index in [1.54, 1.807) is 0 Å². The zero-order chi connectivity index (χ0) is 13.7. The Kier molecular flexibility index (Phi) is 3.09. The van der Waals surface area contributed by atoms with Crippen molar-refractivity contribution in [1.29, 1.82) is 0 Å². The van der Waals surface area contributed by atoms with Gasteiger partial charge in [-0.3, -0.25) is 9.59 Å². The van der Waals surface area contributed by atoms with Crippen LogP contribution in [-0.4, -0.2) is 11.8 Å². The van der Waals surface area contributed by atoms with E-state index in [1.165, 1.54) is 4.90 Å². The number of hydrogen-bond donors (Lipinski definition) is 0. The summed E-state index contributed by atoms with van der Waals surface area (Å²) in [5.41, 5.74) is 2.00. The van der Waals surface area contributed by atoms with Crippen molar-refractivity contribution in [2.45, 2.75) is 34.1 Å². The van der Waals surface area contributed by atoms with Crippen molar-refractivity contribution in [2.75, 3.05) is 4.90 Å². The Morgan fingerprint density at radius 3 is 2.06 bits per heavy atom. The van der Waals surface area contributed by atoms with Crippen LogP contribution in [0.15, 0.2) is 16.6 Å². The Morgan fingerprint density at radius 1 is 1.17 bits per heavy atom. The second-order valence-corrected chi connectivity index (χ2v) is 6.40. The maximum atomic E-state index is 12.3. The number of anilines is 1. The fourth-order valence-electron chi connectivity index (χ4n) is 2.43. The van der Waals surface area contributed by atoms with E-state index >= 15 is 0 Å². The number of carbonyl (C=O) groups excluding carboxylic acids is 2. The van der Waals surface area contributed by atoms with Crippen LogP contribution in [0, 0.1) is 19.3 Å². The molecule has 2 rings (SSSR count). The summed E-state index contributed by atoms with van der Waals surface area (Å²) in [5.74, 6) is -0.223. The lowest BCUT2D eigenvalue weighted by Crippen LogP contribution is -2.34. The molecule has 1 saturated heterocycles. The van der Waals surface area contributed by atoms with E-state index in [9.17, 15) is 9.59 Å². The van der Waals surface area contributed by atoms with Gasteiger partial charge in [0.05, 0.1) is 11.1 Å². The molecule has 0 bridgehead atoms. The Labute approximate surface area is 115 Å². The number of amides is 2. The summed E-state index contributed by atoms with van der Waals surface area (Å²) in [5, 5.41) is 0. The molecule has 0 spiro atoms. The first kappa shape index (κ1) is 13.3. The lowest BCUT2D eigenvalue weighted by molar-refractivity contribution is -0.124. The zero-order valence-electron chi connectivity index (χ0n) is 11.0. The van der Waals surface area contributed by atoms with Gasteiger partial charge in [0.2, 0.25) is 11.8 Å². The van der Waals surface area contributed by atoms with E-state index in [0.717, 1.165) is 21.3 Å². The molecule has 0 N–H and O–H groups in total. The van der Waals surface area contributed by atoms with Gasteiger partial charge in [0.15, 0.2) is 0 Å². The third-order valence-electron chi connectivity index (χ3n) is 3.30. The summed E-state index contributed by atoms with van der Waals surface area (Å²) in [7, 11) is 0. The van der Waals surface area contributed by atoms with E-state index in [4.69, 9.17) is 0 Å². The van der Waals surface area contributed by atoms with E-state index < -0.39 is 5.41 Å². The van der Waals surface area contributed by atoms with Crippen molar-refractivity contribution in [1.82, 2.24) is 0 Å². The largest absolute Gasteiger partial charge is 0.274 e. The first-order valence-corrected chi connectivity index (χ1v) is 6.67. The Balaban J connectivity index is 2.57. The molecule has 0 aliphatic carbocycles. The zero-order valence-corrected chi connectivity index (χ0v) is 12.6. The van der Waals surface area contributed by atoms with Gasteiger partial charge in [0.25, 0.3) is 0 Å². The molecular formula is C14H16BrNO2. The quantitative estimate of drug-likeness (QED) is 0.746. The summed E-state index contributed by atoms with van der Waals surface area (Å²) in [6.45, 7) is 7.46. The van der Waals surface area contributed by atoms with Crippen molar-refractivity contribution < 1.29 is 9.59 Å². The van der Waals surface area contributed by atoms with Crippen LogP contribution in [0.2, 0.25) is 0 Å². The van der Waals surface area contributed by atoms with Crippen molar-refractivity contribution in [3.8, 4) is 0 Å². The first-order chi connectivity index (χ1) is 8.24. The Morgan fingerprint density at radius 2 is 1.67 bits per heavy atom. The number of carbonyl (C=O) groups is 2. The van der Waals surface area contributed by atoms with Crippen LogP contribution in [-0.2, 0) is 9.59 Å². The molecule has 1 aliphatic heterocycles. The Bertz CT molecular complexity index is 526. The molecule has 0 aromatic heterocycles. The number of hydrogen-bond acceptors (Lipinski definition) is 2. The predicted octanol–water partition coefficient (Wildman–Crippen LogP) is 3.36. The molecule has 0 unspecified atom stereocenters. The molecule has 0 radical (unpaired) electrons. The van der Waals surface area contributed by atoms with Crippen LogP contribution < -0.4 is 4.90 Å². The average Bonchev–Trinajstić information content (AvgIpc) is 2.38. The van der Waals surface area contributed by atoms with Gasteiger partial charge < -0.3 is 0 Å². The van der Waals surface area contributed by atoms with Gasteiger partial charge in [-0.1, -0.05) is 29.8 Å². The number of rotatable bonds is 1. The molecule has 1 fully saturated rings. The smallest absolute Gasteiger partial charge is 0.239 e. The van der Waals surface area contributed by atoms with Crippen molar-refractivity contribution in [3.63, 3.8) is 0 Å². The second kappa shape index (κ2) is 4.19. The van der Waals surface area contributed by atoms with Crippen LogP contribution in [0.1, 0.15) is 31.4 Å². The molecule has 1 heterocycles. The highest BCUT2D eigenvalue weighted by atomic mass is 79.9. The number of aryl methyl sites for hydroxylation is 2. The fourth-order valence-corrected chi connectivity index (χ4v) is 3.12. The predicted molar refractivity (Wildman–Crippen MR) is 74.5 cm³/mol. The van der Waals surface area contributed by atoms with Gasteiger partial charge in [0, 0.05) is 10.9 Å². The summed E-state index contributed by atoms with van der Waals surface area (Å²) < 4.78 is 0.958. The molecule has 1 aliphatic rings. The summed E-state index contributed by atoms with van der Waals surface area (Å²) >= 11 is 3.42. The molecule has 2 amide bonds. The molecule has 18 heavy (non-hydrogen) atoms. The van der Waals surface area contributed by atoms with Crippen LogP contribution in [0.4, 0.5) is 5.69 Å². The highest BCUT2D eigenvalue weighted by Gasteiger charge is 2.46. The van der Waals surface area contributed by atoms with E-state index in [2.05, 4.69) is 15.9 Å². The standard InChI is InChI=1S/C14H16BrNO2/c1-8-5-10(15)6-9(2)12(8)16-11(17)7-14(3,4)13(16)18/h5-6H,7H2,1-4H3. The lowest BCUT2D eigenvalue weighted by Gasteiger charge is -2.22. The van der Waals surface area contributed by atoms with Gasteiger partial charge in [-0.2, -0.15) is 0 Å². The maximum Gasteiger partial charge on any atom is 0.239 e. The Hall–Kier alpha value is -1.16. The van der Waals surface area contributed by atoms with Crippen LogP contribution in [0.5, 0.6) is 0 Å². The van der Waals surface area contributed by atoms with E-state index in [0.29, 0.717) is 0 Å². The topological polar surface area (TPSA) is 37.4 Å². The summed E-state index contributed by atoms with van der Waals surface area (Å²) in [6, 6.07) is 3.85. The number of imide groups is 1. The third-order valence-corrected chi connectivity index (χ3v) is 3.76. The van der Waals surface area contributed by atoms with Crippen molar-refractivity contribution in [2.24, 2.45) is 5.41 Å². The van der Waals surface area contributed by atoms with E-state index in [-0.39, 0.29) is 18.2 Å². The minimum absolute atomic E-state index is 0.110. The second-order valence-electron chi connectivity index (χ2n) is 5.48. The lowest BCUT2D eigenvalue weighted by atomic mass is 9.92. The van der Waals surface area contributed by atoms with Crippen LogP contribution >= 0.6 is 15.9 Å². The molecule has 3 nitrogen and oxygen atoms in total. The number of halogens is 1. The minimum Gasteiger partial charge on any atom is -0.274 e. The molecule has 1 aromatic carbocycles. The van der Waals surface area contributed by atoms with E-state index in [1.807, 2.05) is 39.8 Å². The third kappa shape index (κ3) is 1.99. The van der Waals surface area contributed by atoms with Crippen LogP contribution in [0.3, 0.4) is 0 Å². The summed E-state index contributed by atoms with van der Waals surface area (Å²) in [6.07, 6.45) is 0.279. The van der Waals surface area contributed by atoms with Crippen molar-refractivity contribution in [3.05, 3.63) is 27.7 Å². The molecule has 0 atom stereocenters. The highest BCUT2D eigenvalue weighted by Crippen LogP contribution is 2.38. The summed E-state index contributed by atoms with van der Waals surface area (Å²) in [4.78, 5) is 25.7. The average molecular weight is 310 g/mol. The normalized spacial score (nSPS) is 18.6. The first-order valence-electron chi connectivity index (χ1n) is 5.88. The number of benzene rings is 1. The molecule has 4 heteroatoms. The number of nitrogens with zero attached hydrogens (tertiary/aromatic N) is 1. The molecular weight excluding hydrogens is 294 g/mol. The SMILES string of the molecule is Cc1cc(Br)cc(C)c1N1C(=O)CC(C)(C)C1=O. The van der Waals surface area contributed by atoms with Gasteiger partial charge in [-0.15, -0.1) is 0 Å². The minimum atomic E-state index is -0.594. The van der Waals surface area contributed by atoms with Gasteiger partial charge in [0.1, 0.15) is 0 Å². The fraction of sp³-hybridized carbons (Fsp3) is 0.429.